The van der Waals surface area contributed by atoms with Gasteiger partial charge in [0, 0.05) is 19.6 Å². The molecule has 1 saturated heterocycles. The largest absolute Gasteiger partial charge is 0.497 e. The zero-order valence-corrected chi connectivity index (χ0v) is 11.7. The van der Waals surface area contributed by atoms with Crippen molar-refractivity contribution in [2.45, 2.75) is 25.6 Å². The highest BCUT2D eigenvalue weighted by Gasteiger charge is 2.34. The van der Waals surface area contributed by atoms with E-state index < -0.39 is 11.7 Å². The monoisotopic (exact) mass is 302 g/mol. The van der Waals surface area contributed by atoms with E-state index in [0.717, 1.165) is 18.9 Å². The number of hydrogen-bond acceptors (Lipinski definition) is 2. The van der Waals surface area contributed by atoms with Crippen LogP contribution in [0.4, 0.5) is 18.0 Å². The van der Waals surface area contributed by atoms with Gasteiger partial charge in [-0.2, -0.15) is 13.2 Å². The molecule has 1 aliphatic rings. The summed E-state index contributed by atoms with van der Waals surface area (Å²) in [6, 6.07) is 3.40. The number of carbonyl (C=O) groups is 1. The van der Waals surface area contributed by atoms with Gasteiger partial charge >= 0.3 is 12.2 Å². The van der Waals surface area contributed by atoms with E-state index in [1.165, 1.54) is 19.2 Å². The van der Waals surface area contributed by atoms with Crippen LogP contribution in [0.15, 0.2) is 18.2 Å². The van der Waals surface area contributed by atoms with Crippen molar-refractivity contribution in [1.82, 2.24) is 10.2 Å². The molecule has 21 heavy (non-hydrogen) atoms. The van der Waals surface area contributed by atoms with Crippen LogP contribution in [0.1, 0.15) is 24.0 Å². The van der Waals surface area contributed by atoms with Crippen molar-refractivity contribution < 1.29 is 22.7 Å². The third kappa shape index (κ3) is 3.80. The maximum absolute atomic E-state index is 13.0. The smallest absolute Gasteiger partial charge is 0.416 e. The fourth-order valence-electron chi connectivity index (χ4n) is 2.30. The Morgan fingerprint density at radius 2 is 2.00 bits per heavy atom. The molecule has 1 aromatic rings. The average molecular weight is 302 g/mol. The number of amides is 2. The fourth-order valence-corrected chi connectivity index (χ4v) is 2.30. The van der Waals surface area contributed by atoms with Crippen LogP contribution in [-0.4, -0.2) is 31.1 Å². The van der Waals surface area contributed by atoms with Crippen LogP contribution in [0, 0.1) is 0 Å². The second kappa shape index (κ2) is 6.24. The molecule has 0 aromatic heterocycles. The van der Waals surface area contributed by atoms with Crippen molar-refractivity contribution in [2.24, 2.45) is 0 Å². The number of rotatable bonds is 3. The summed E-state index contributed by atoms with van der Waals surface area (Å²) in [6.07, 6.45) is -2.62. The van der Waals surface area contributed by atoms with Gasteiger partial charge in [-0.05, 0) is 30.5 Å². The third-order valence-electron chi connectivity index (χ3n) is 3.45. The van der Waals surface area contributed by atoms with E-state index in [1.54, 1.807) is 4.90 Å². The molecule has 0 atom stereocenters. The first-order valence-electron chi connectivity index (χ1n) is 6.68. The Labute approximate surface area is 120 Å². The minimum atomic E-state index is -4.48. The van der Waals surface area contributed by atoms with Gasteiger partial charge in [0.2, 0.25) is 0 Å². The molecule has 0 spiro atoms. The lowest BCUT2D eigenvalue weighted by molar-refractivity contribution is -0.138. The third-order valence-corrected chi connectivity index (χ3v) is 3.45. The fraction of sp³-hybridized carbons (Fsp3) is 0.500. The summed E-state index contributed by atoms with van der Waals surface area (Å²) in [4.78, 5) is 13.4. The molecule has 1 aromatic carbocycles. The van der Waals surface area contributed by atoms with E-state index in [9.17, 15) is 18.0 Å². The molecule has 116 valence electrons. The molecule has 7 heteroatoms. The summed E-state index contributed by atoms with van der Waals surface area (Å²) in [7, 11) is 1.31. The summed E-state index contributed by atoms with van der Waals surface area (Å²) in [5, 5.41) is 2.54. The number of nitrogens with one attached hydrogen (secondary N) is 1. The lowest BCUT2D eigenvalue weighted by atomic mass is 10.1. The number of ether oxygens (including phenoxy) is 1. The molecular formula is C14H17F3N2O2. The number of hydrogen-bond donors (Lipinski definition) is 1. The van der Waals surface area contributed by atoms with E-state index in [-0.39, 0.29) is 23.9 Å². The minimum Gasteiger partial charge on any atom is -0.497 e. The molecule has 1 heterocycles. The molecule has 4 nitrogen and oxygen atoms in total. The molecule has 1 N–H and O–H groups in total. The lowest BCUT2D eigenvalue weighted by Gasteiger charge is -2.18. The molecule has 0 aliphatic carbocycles. The highest BCUT2D eigenvalue weighted by molar-refractivity contribution is 5.74. The van der Waals surface area contributed by atoms with Gasteiger partial charge in [0.05, 0.1) is 12.7 Å². The highest BCUT2D eigenvalue weighted by Crippen LogP contribution is 2.34. The number of halogens is 3. The first-order chi connectivity index (χ1) is 9.91. The predicted octanol–water partition coefficient (Wildman–Crippen LogP) is 3.02. The van der Waals surface area contributed by atoms with Gasteiger partial charge in [-0.15, -0.1) is 0 Å². The number of urea groups is 1. The van der Waals surface area contributed by atoms with Crippen molar-refractivity contribution >= 4 is 6.03 Å². The topological polar surface area (TPSA) is 41.6 Å². The van der Waals surface area contributed by atoms with E-state index in [4.69, 9.17) is 4.74 Å². The Morgan fingerprint density at radius 1 is 1.33 bits per heavy atom. The van der Waals surface area contributed by atoms with E-state index in [1.807, 2.05) is 0 Å². The molecule has 2 amide bonds. The van der Waals surface area contributed by atoms with Gasteiger partial charge in [0.15, 0.2) is 0 Å². The first-order valence-corrected chi connectivity index (χ1v) is 6.68. The average Bonchev–Trinajstić information content (AvgIpc) is 2.97. The Kier molecular flexibility index (Phi) is 4.59. The molecule has 0 bridgehead atoms. The van der Waals surface area contributed by atoms with E-state index >= 15 is 0 Å². The second-order valence-corrected chi connectivity index (χ2v) is 4.87. The maximum atomic E-state index is 13.0. The normalized spacial score (nSPS) is 15.1. The Bertz CT molecular complexity index is 511. The second-order valence-electron chi connectivity index (χ2n) is 4.87. The summed E-state index contributed by atoms with van der Waals surface area (Å²) in [5.74, 6) is 0.136. The number of likely N-dealkylation sites (tertiary alicyclic amines) is 1. The maximum Gasteiger partial charge on any atom is 0.416 e. The van der Waals surface area contributed by atoms with Crippen LogP contribution in [0.25, 0.3) is 0 Å². The first kappa shape index (κ1) is 15.5. The van der Waals surface area contributed by atoms with E-state index in [2.05, 4.69) is 5.32 Å². The summed E-state index contributed by atoms with van der Waals surface area (Å²) >= 11 is 0. The Hall–Kier alpha value is -1.92. The van der Waals surface area contributed by atoms with Gasteiger partial charge in [-0.3, -0.25) is 0 Å². The highest BCUT2D eigenvalue weighted by atomic mass is 19.4. The number of nitrogens with zero attached hydrogens (tertiary/aromatic N) is 1. The summed E-state index contributed by atoms with van der Waals surface area (Å²) in [5.41, 5.74) is -0.764. The van der Waals surface area contributed by atoms with Crippen LogP contribution in [0.2, 0.25) is 0 Å². The predicted molar refractivity (Wildman–Crippen MR) is 71.0 cm³/mol. The van der Waals surface area contributed by atoms with Crippen molar-refractivity contribution in [3.05, 3.63) is 29.3 Å². The van der Waals surface area contributed by atoms with Crippen molar-refractivity contribution in [3.8, 4) is 5.75 Å². The Morgan fingerprint density at radius 3 is 2.57 bits per heavy atom. The van der Waals surface area contributed by atoms with Crippen LogP contribution >= 0.6 is 0 Å². The number of benzene rings is 1. The molecule has 2 rings (SSSR count). The van der Waals surface area contributed by atoms with Crippen LogP contribution in [0.5, 0.6) is 5.75 Å². The van der Waals surface area contributed by atoms with Crippen LogP contribution < -0.4 is 10.1 Å². The van der Waals surface area contributed by atoms with E-state index in [0.29, 0.717) is 13.1 Å². The van der Waals surface area contributed by atoms with Crippen molar-refractivity contribution in [2.75, 3.05) is 20.2 Å². The number of carbonyl (C=O) groups excluding carboxylic acids is 1. The van der Waals surface area contributed by atoms with Crippen LogP contribution in [-0.2, 0) is 12.7 Å². The molecule has 1 aliphatic heterocycles. The van der Waals surface area contributed by atoms with Crippen LogP contribution in [0.3, 0.4) is 0 Å². The summed E-state index contributed by atoms with van der Waals surface area (Å²) < 4.78 is 43.9. The standard InChI is InChI=1S/C14H17F3N2O2/c1-21-11-5-4-10(12(8-11)14(15,16)17)9-18-13(20)19-6-2-3-7-19/h4-5,8H,2-3,6-7,9H2,1H3,(H,18,20). The zero-order chi connectivity index (χ0) is 15.5. The van der Waals surface area contributed by atoms with Gasteiger partial charge in [0.25, 0.3) is 0 Å². The molecule has 0 saturated carbocycles. The quantitative estimate of drug-likeness (QED) is 0.932. The zero-order valence-electron chi connectivity index (χ0n) is 11.7. The Balaban J connectivity index is 2.10. The molecule has 1 fully saturated rings. The van der Waals surface area contributed by atoms with Gasteiger partial charge in [-0.1, -0.05) is 6.07 Å². The van der Waals surface area contributed by atoms with Crippen molar-refractivity contribution in [3.63, 3.8) is 0 Å². The van der Waals surface area contributed by atoms with Gasteiger partial charge in [0.1, 0.15) is 5.75 Å². The van der Waals surface area contributed by atoms with Gasteiger partial charge < -0.3 is 15.0 Å². The number of alkyl halides is 3. The minimum absolute atomic E-state index is 0.0239. The molecule has 0 unspecified atom stereocenters. The number of methoxy groups -OCH3 is 1. The molecule has 0 radical (unpaired) electrons. The summed E-state index contributed by atoms with van der Waals surface area (Å²) in [6.45, 7) is 1.15. The SMILES string of the molecule is COc1ccc(CNC(=O)N2CCCC2)c(C(F)(F)F)c1. The lowest BCUT2D eigenvalue weighted by Crippen LogP contribution is -2.37. The van der Waals surface area contributed by atoms with Crippen molar-refractivity contribution in [1.29, 1.82) is 0 Å². The molecular weight excluding hydrogens is 285 g/mol. The van der Waals surface area contributed by atoms with Gasteiger partial charge in [-0.25, -0.2) is 4.79 Å².